The lowest BCUT2D eigenvalue weighted by molar-refractivity contribution is -0.141. The number of rotatable bonds is 4. The highest BCUT2D eigenvalue weighted by Crippen LogP contribution is 2.27. The molecule has 1 aromatic heterocycles. The second kappa shape index (κ2) is 6.95. The third kappa shape index (κ3) is 6.30. The van der Waals surface area contributed by atoms with Crippen LogP contribution in [0, 0.1) is 0 Å². The molecule has 1 rings (SSSR count). The quantitative estimate of drug-likeness (QED) is 0.894. The molecule has 1 heterocycles. The number of nitrogens with two attached hydrogens (primary N) is 1. The number of aromatic nitrogens is 1. The van der Waals surface area contributed by atoms with Gasteiger partial charge in [-0.25, -0.2) is 4.79 Å². The summed E-state index contributed by atoms with van der Waals surface area (Å²) in [7, 11) is 0. The number of nitrogens with zero attached hydrogens (tertiary/aromatic N) is 1. The second-order valence-electron chi connectivity index (χ2n) is 5.83. The van der Waals surface area contributed by atoms with Crippen LogP contribution in [0.2, 0.25) is 0 Å². The number of alkyl halides is 3. The fraction of sp³-hybridized carbons (Fsp3) is 0.571. The monoisotopic (exact) mass is 319 g/mol. The molecule has 0 aromatic carbocycles. The molecule has 0 aliphatic heterocycles. The Morgan fingerprint density at radius 2 is 2.00 bits per heavy atom. The molecule has 3 N–H and O–H groups in total. The first kappa shape index (κ1) is 18.2. The first-order chi connectivity index (χ1) is 10.0. The zero-order valence-electron chi connectivity index (χ0n) is 12.7. The Morgan fingerprint density at radius 1 is 1.36 bits per heavy atom. The average Bonchev–Trinajstić information content (AvgIpc) is 2.35. The maximum Gasteiger partial charge on any atom is 0.433 e. The lowest BCUT2D eigenvalue weighted by atomic mass is 10.1. The summed E-state index contributed by atoms with van der Waals surface area (Å²) >= 11 is 0. The van der Waals surface area contributed by atoms with Gasteiger partial charge < -0.3 is 15.8 Å². The zero-order valence-corrected chi connectivity index (χ0v) is 12.7. The van der Waals surface area contributed by atoms with E-state index in [-0.39, 0.29) is 13.0 Å². The Hall–Kier alpha value is -1.83. The molecule has 22 heavy (non-hydrogen) atoms. The van der Waals surface area contributed by atoms with Crippen LogP contribution >= 0.6 is 0 Å². The molecule has 124 valence electrons. The summed E-state index contributed by atoms with van der Waals surface area (Å²) in [5, 5.41) is 2.58. The molecule has 1 aromatic rings. The predicted molar refractivity (Wildman–Crippen MR) is 75.2 cm³/mol. The molecule has 0 fully saturated rings. The van der Waals surface area contributed by atoms with Crippen molar-refractivity contribution in [3.63, 3.8) is 0 Å². The maximum atomic E-state index is 12.4. The highest BCUT2D eigenvalue weighted by molar-refractivity contribution is 5.68. The predicted octanol–water partition coefficient (Wildman–Crippen LogP) is 2.49. The van der Waals surface area contributed by atoms with Crippen molar-refractivity contribution in [1.82, 2.24) is 10.3 Å². The van der Waals surface area contributed by atoms with Gasteiger partial charge in [-0.05, 0) is 38.8 Å². The summed E-state index contributed by atoms with van der Waals surface area (Å²) in [4.78, 5) is 15.0. The van der Waals surface area contributed by atoms with E-state index in [0.29, 0.717) is 5.56 Å². The summed E-state index contributed by atoms with van der Waals surface area (Å²) in [6.45, 7) is 5.30. The Labute approximate surface area is 127 Å². The summed E-state index contributed by atoms with van der Waals surface area (Å²) in [6.07, 6.45) is -3.70. The third-order valence-corrected chi connectivity index (χ3v) is 2.60. The first-order valence-corrected chi connectivity index (χ1v) is 6.73. The van der Waals surface area contributed by atoms with Gasteiger partial charge in [-0.1, -0.05) is 6.07 Å². The van der Waals surface area contributed by atoms with Crippen LogP contribution in [0.4, 0.5) is 18.0 Å². The van der Waals surface area contributed by atoms with Gasteiger partial charge in [-0.3, -0.25) is 4.98 Å². The number of amides is 1. The lowest BCUT2D eigenvalue weighted by Crippen LogP contribution is -2.44. The highest BCUT2D eigenvalue weighted by atomic mass is 19.4. The molecule has 8 heteroatoms. The summed E-state index contributed by atoms with van der Waals surface area (Å²) < 4.78 is 42.4. The number of nitrogens with one attached hydrogen (secondary N) is 1. The van der Waals surface area contributed by atoms with Crippen LogP contribution in [0.1, 0.15) is 32.0 Å². The van der Waals surface area contributed by atoms with E-state index < -0.39 is 29.6 Å². The van der Waals surface area contributed by atoms with Crippen LogP contribution in [0.5, 0.6) is 0 Å². The second-order valence-corrected chi connectivity index (χ2v) is 5.83. The van der Waals surface area contributed by atoms with Crippen molar-refractivity contribution in [1.29, 1.82) is 0 Å². The number of alkyl carbamates (subject to hydrolysis) is 1. The number of ether oxygens (including phenoxy) is 1. The number of pyridine rings is 1. The minimum atomic E-state index is -4.47. The van der Waals surface area contributed by atoms with E-state index in [9.17, 15) is 18.0 Å². The van der Waals surface area contributed by atoms with Gasteiger partial charge in [0, 0.05) is 18.8 Å². The lowest BCUT2D eigenvalue weighted by Gasteiger charge is -2.23. The molecule has 1 amide bonds. The van der Waals surface area contributed by atoms with Crippen LogP contribution in [-0.2, 0) is 17.3 Å². The summed E-state index contributed by atoms with van der Waals surface area (Å²) in [5.41, 5.74) is 4.50. The molecule has 0 spiro atoms. The highest BCUT2D eigenvalue weighted by Gasteiger charge is 2.32. The standard InChI is InChI=1S/C14H20F3N3O2/c1-13(2,3)22-12(21)20-10(7-18)6-9-4-5-11(19-8-9)14(15,16)17/h4-5,8,10H,6-7,18H2,1-3H3,(H,20,21). The van der Waals surface area contributed by atoms with Crippen molar-refractivity contribution >= 4 is 6.09 Å². The molecule has 1 unspecified atom stereocenters. The Balaban J connectivity index is 2.65. The van der Waals surface area contributed by atoms with Gasteiger partial charge in [-0.2, -0.15) is 13.2 Å². The van der Waals surface area contributed by atoms with Crippen LogP contribution in [0.3, 0.4) is 0 Å². The van der Waals surface area contributed by atoms with Crippen LogP contribution in [-0.4, -0.2) is 29.3 Å². The molecule has 0 aliphatic rings. The van der Waals surface area contributed by atoms with E-state index >= 15 is 0 Å². The number of carbonyl (C=O) groups is 1. The van der Waals surface area contributed by atoms with E-state index in [1.54, 1.807) is 20.8 Å². The first-order valence-electron chi connectivity index (χ1n) is 6.73. The van der Waals surface area contributed by atoms with E-state index in [1.807, 2.05) is 0 Å². The van der Waals surface area contributed by atoms with Crippen molar-refractivity contribution in [3.05, 3.63) is 29.6 Å². The van der Waals surface area contributed by atoms with Crippen molar-refractivity contribution in [2.75, 3.05) is 6.54 Å². The molecule has 1 atom stereocenters. The van der Waals surface area contributed by atoms with E-state index in [2.05, 4.69) is 10.3 Å². The molecule has 5 nitrogen and oxygen atoms in total. The number of carbonyl (C=O) groups excluding carboxylic acids is 1. The smallest absolute Gasteiger partial charge is 0.433 e. The van der Waals surface area contributed by atoms with Crippen LogP contribution in [0.25, 0.3) is 0 Å². The molecule has 0 radical (unpaired) electrons. The van der Waals surface area contributed by atoms with Gasteiger partial charge >= 0.3 is 12.3 Å². The minimum absolute atomic E-state index is 0.125. The maximum absolute atomic E-state index is 12.4. The molecular formula is C14H20F3N3O2. The van der Waals surface area contributed by atoms with Gasteiger partial charge in [0.05, 0.1) is 0 Å². The van der Waals surface area contributed by atoms with E-state index in [4.69, 9.17) is 10.5 Å². The van der Waals surface area contributed by atoms with Crippen molar-refractivity contribution in [2.24, 2.45) is 5.73 Å². The molecule has 0 bridgehead atoms. The fourth-order valence-corrected chi connectivity index (χ4v) is 1.66. The Kier molecular flexibility index (Phi) is 5.76. The average molecular weight is 319 g/mol. The molecular weight excluding hydrogens is 299 g/mol. The van der Waals surface area contributed by atoms with Crippen LogP contribution in [0.15, 0.2) is 18.3 Å². The largest absolute Gasteiger partial charge is 0.444 e. The van der Waals surface area contributed by atoms with Crippen molar-refractivity contribution in [2.45, 2.75) is 45.0 Å². The zero-order chi connectivity index (χ0) is 17.0. The van der Waals surface area contributed by atoms with Gasteiger partial charge in [0.1, 0.15) is 11.3 Å². The number of halogens is 3. The minimum Gasteiger partial charge on any atom is -0.444 e. The Morgan fingerprint density at radius 3 is 2.41 bits per heavy atom. The molecule has 0 aliphatic carbocycles. The van der Waals surface area contributed by atoms with Gasteiger partial charge in [0.15, 0.2) is 0 Å². The molecule has 0 saturated heterocycles. The number of hydrogen-bond acceptors (Lipinski definition) is 4. The summed E-state index contributed by atoms with van der Waals surface area (Å²) in [6, 6.07) is 1.76. The number of hydrogen-bond donors (Lipinski definition) is 2. The van der Waals surface area contributed by atoms with E-state index in [1.165, 1.54) is 6.07 Å². The van der Waals surface area contributed by atoms with Crippen molar-refractivity contribution in [3.8, 4) is 0 Å². The SMILES string of the molecule is CC(C)(C)OC(=O)NC(CN)Cc1ccc(C(F)(F)F)nc1. The van der Waals surface area contributed by atoms with Gasteiger partial charge in [0.2, 0.25) is 0 Å². The van der Waals surface area contributed by atoms with Gasteiger partial charge in [-0.15, -0.1) is 0 Å². The fourth-order valence-electron chi connectivity index (χ4n) is 1.66. The molecule has 0 saturated carbocycles. The van der Waals surface area contributed by atoms with Crippen molar-refractivity contribution < 1.29 is 22.7 Å². The van der Waals surface area contributed by atoms with Crippen LogP contribution < -0.4 is 11.1 Å². The Bertz CT molecular complexity index is 496. The normalized spacial score (nSPS) is 13.6. The van der Waals surface area contributed by atoms with Gasteiger partial charge in [0.25, 0.3) is 0 Å². The topological polar surface area (TPSA) is 77.2 Å². The van der Waals surface area contributed by atoms with E-state index in [0.717, 1.165) is 12.3 Å². The third-order valence-electron chi connectivity index (χ3n) is 2.60. The summed E-state index contributed by atoms with van der Waals surface area (Å²) in [5.74, 6) is 0.